The van der Waals surface area contributed by atoms with Crippen molar-refractivity contribution in [3.8, 4) is 5.75 Å². The lowest BCUT2D eigenvalue weighted by Crippen LogP contribution is -2.03. The van der Waals surface area contributed by atoms with Crippen molar-refractivity contribution in [1.29, 1.82) is 0 Å². The van der Waals surface area contributed by atoms with Crippen molar-refractivity contribution in [2.24, 2.45) is 0 Å². The zero-order valence-corrected chi connectivity index (χ0v) is 12.4. The molecule has 4 heteroatoms. The number of anilines is 1. The van der Waals surface area contributed by atoms with Gasteiger partial charge in [0.05, 0.1) is 22.8 Å². The fourth-order valence-corrected chi connectivity index (χ4v) is 3.21. The van der Waals surface area contributed by atoms with Gasteiger partial charge in [-0.3, -0.25) is 4.21 Å². The third-order valence-corrected chi connectivity index (χ3v) is 4.61. The topological polar surface area (TPSA) is 52.3 Å². The van der Waals surface area contributed by atoms with Crippen molar-refractivity contribution in [1.82, 2.24) is 0 Å². The molecular weight excluding hydrogens is 270 g/mol. The van der Waals surface area contributed by atoms with Gasteiger partial charge in [0, 0.05) is 11.4 Å². The quantitative estimate of drug-likeness (QED) is 0.832. The van der Waals surface area contributed by atoms with Gasteiger partial charge in [-0.05, 0) is 36.6 Å². The minimum absolute atomic E-state index is 0.559. The second-order valence-corrected chi connectivity index (χ2v) is 6.08. The van der Waals surface area contributed by atoms with E-state index in [0.717, 1.165) is 12.8 Å². The van der Waals surface area contributed by atoms with Crippen LogP contribution in [0.1, 0.15) is 12.0 Å². The Morgan fingerprint density at radius 3 is 2.60 bits per heavy atom. The molecule has 0 radical (unpaired) electrons. The Bertz CT molecular complexity index is 584. The number of aryl methyl sites for hydroxylation is 1. The highest BCUT2D eigenvalue weighted by Gasteiger charge is 2.09. The summed E-state index contributed by atoms with van der Waals surface area (Å²) in [5.74, 6) is 1.29. The average Bonchev–Trinajstić information content (AvgIpc) is 2.48. The molecule has 2 rings (SSSR count). The Morgan fingerprint density at radius 1 is 1.15 bits per heavy atom. The van der Waals surface area contributed by atoms with Crippen molar-refractivity contribution in [2.75, 3.05) is 18.6 Å². The Hall–Kier alpha value is -1.81. The van der Waals surface area contributed by atoms with Gasteiger partial charge >= 0.3 is 0 Å². The lowest BCUT2D eigenvalue weighted by atomic mass is 10.1. The van der Waals surface area contributed by atoms with E-state index in [4.69, 9.17) is 10.5 Å². The predicted molar refractivity (Wildman–Crippen MR) is 83.4 cm³/mol. The van der Waals surface area contributed by atoms with Gasteiger partial charge in [-0.2, -0.15) is 0 Å². The van der Waals surface area contributed by atoms with Gasteiger partial charge in [-0.1, -0.05) is 30.3 Å². The maximum Gasteiger partial charge on any atom is 0.120 e. The highest BCUT2D eigenvalue weighted by Crippen LogP contribution is 2.23. The van der Waals surface area contributed by atoms with Crippen LogP contribution in [0.25, 0.3) is 0 Å². The van der Waals surface area contributed by atoms with Crippen LogP contribution >= 0.6 is 0 Å². The fraction of sp³-hybridized carbons (Fsp3) is 0.250. The van der Waals surface area contributed by atoms with Gasteiger partial charge in [0.1, 0.15) is 5.75 Å². The number of hydrogen-bond donors (Lipinski definition) is 1. The van der Waals surface area contributed by atoms with Crippen molar-refractivity contribution in [2.45, 2.75) is 17.7 Å². The molecule has 0 saturated carbocycles. The third kappa shape index (κ3) is 3.84. The smallest absolute Gasteiger partial charge is 0.120 e. The third-order valence-electron chi connectivity index (χ3n) is 3.10. The van der Waals surface area contributed by atoms with E-state index in [1.54, 1.807) is 25.3 Å². The predicted octanol–water partition coefficient (Wildman–Crippen LogP) is 3.02. The van der Waals surface area contributed by atoms with Gasteiger partial charge in [0.2, 0.25) is 0 Å². The first-order valence-corrected chi connectivity index (χ1v) is 7.88. The van der Waals surface area contributed by atoms with E-state index >= 15 is 0 Å². The standard InChI is InChI=1S/C16H19NO2S/c1-19-14-9-10-15(17)16(12-14)20(18)11-5-8-13-6-3-2-4-7-13/h2-4,6-7,9-10,12H,5,8,11,17H2,1H3. The summed E-state index contributed by atoms with van der Waals surface area (Å²) in [7, 11) is 0.505. The molecule has 2 N–H and O–H groups in total. The van der Waals surface area contributed by atoms with E-state index in [2.05, 4.69) is 12.1 Å². The zero-order chi connectivity index (χ0) is 14.4. The number of nitrogen functional groups attached to an aromatic ring is 1. The molecule has 1 unspecified atom stereocenters. The number of ether oxygens (including phenoxy) is 1. The van der Waals surface area contributed by atoms with E-state index in [0.29, 0.717) is 22.1 Å². The molecule has 106 valence electrons. The Kier molecular flexibility index (Phi) is 5.18. The summed E-state index contributed by atoms with van der Waals surface area (Å²) in [5.41, 5.74) is 7.71. The van der Waals surface area contributed by atoms with Crippen LogP contribution < -0.4 is 10.5 Å². The number of hydrogen-bond acceptors (Lipinski definition) is 3. The summed E-state index contributed by atoms with van der Waals surface area (Å²) in [6, 6.07) is 15.5. The summed E-state index contributed by atoms with van der Waals surface area (Å²) in [6.45, 7) is 0. The molecule has 0 heterocycles. The molecule has 0 aliphatic heterocycles. The Balaban J connectivity index is 1.95. The van der Waals surface area contributed by atoms with Crippen LogP contribution in [-0.2, 0) is 17.2 Å². The molecule has 3 nitrogen and oxygen atoms in total. The summed E-state index contributed by atoms with van der Waals surface area (Å²) in [4.78, 5) is 0.664. The number of methoxy groups -OCH3 is 1. The second-order valence-electron chi connectivity index (χ2n) is 4.54. The Labute approximate surface area is 122 Å². The van der Waals surface area contributed by atoms with Crippen molar-refractivity contribution in [3.05, 3.63) is 54.1 Å². The number of rotatable bonds is 6. The molecule has 20 heavy (non-hydrogen) atoms. The van der Waals surface area contributed by atoms with Crippen LogP contribution in [-0.4, -0.2) is 17.1 Å². The molecule has 0 aliphatic rings. The first kappa shape index (κ1) is 14.6. The van der Waals surface area contributed by atoms with Gasteiger partial charge in [0.15, 0.2) is 0 Å². The summed E-state index contributed by atoms with van der Waals surface area (Å²) < 4.78 is 17.4. The summed E-state index contributed by atoms with van der Waals surface area (Å²) in [5, 5.41) is 0. The minimum Gasteiger partial charge on any atom is -0.497 e. The SMILES string of the molecule is COc1ccc(N)c(S(=O)CCCc2ccccc2)c1. The lowest BCUT2D eigenvalue weighted by Gasteiger charge is -2.08. The lowest BCUT2D eigenvalue weighted by molar-refractivity contribution is 0.413. The molecule has 0 spiro atoms. The van der Waals surface area contributed by atoms with Crippen molar-refractivity contribution >= 4 is 16.5 Å². The monoisotopic (exact) mass is 289 g/mol. The maximum absolute atomic E-state index is 12.3. The fourth-order valence-electron chi connectivity index (χ4n) is 2.00. The molecule has 0 aromatic heterocycles. The van der Waals surface area contributed by atoms with Crippen LogP contribution in [0.15, 0.2) is 53.4 Å². The van der Waals surface area contributed by atoms with Crippen LogP contribution in [0, 0.1) is 0 Å². The summed E-state index contributed by atoms with van der Waals surface area (Å²) >= 11 is 0. The van der Waals surface area contributed by atoms with Crippen LogP contribution in [0.3, 0.4) is 0 Å². The maximum atomic E-state index is 12.3. The average molecular weight is 289 g/mol. The van der Waals surface area contributed by atoms with Crippen molar-refractivity contribution < 1.29 is 8.95 Å². The Morgan fingerprint density at radius 2 is 1.90 bits per heavy atom. The van der Waals surface area contributed by atoms with Gasteiger partial charge in [0.25, 0.3) is 0 Å². The first-order chi connectivity index (χ1) is 9.70. The van der Waals surface area contributed by atoms with E-state index in [1.165, 1.54) is 5.56 Å². The van der Waals surface area contributed by atoms with Crippen LogP contribution in [0.2, 0.25) is 0 Å². The summed E-state index contributed by atoms with van der Waals surface area (Å²) in [6.07, 6.45) is 1.80. The molecule has 0 fully saturated rings. The molecule has 0 bridgehead atoms. The van der Waals surface area contributed by atoms with E-state index in [1.807, 2.05) is 18.2 Å². The molecule has 0 amide bonds. The molecule has 0 aliphatic carbocycles. The van der Waals surface area contributed by atoms with Gasteiger partial charge in [-0.15, -0.1) is 0 Å². The van der Waals surface area contributed by atoms with E-state index in [9.17, 15) is 4.21 Å². The number of benzene rings is 2. The molecule has 2 aromatic rings. The molecule has 1 atom stereocenters. The molecule has 2 aromatic carbocycles. The molecule has 0 saturated heterocycles. The minimum atomic E-state index is -1.09. The van der Waals surface area contributed by atoms with Gasteiger partial charge in [-0.25, -0.2) is 0 Å². The first-order valence-electron chi connectivity index (χ1n) is 6.56. The van der Waals surface area contributed by atoms with E-state index in [-0.39, 0.29) is 0 Å². The highest BCUT2D eigenvalue weighted by atomic mass is 32.2. The second kappa shape index (κ2) is 7.10. The highest BCUT2D eigenvalue weighted by molar-refractivity contribution is 7.85. The van der Waals surface area contributed by atoms with E-state index < -0.39 is 10.8 Å². The van der Waals surface area contributed by atoms with Crippen LogP contribution in [0.5, 0.6) is 5.75 Å². The van der Waals surface area contributed by atoms with Crippen molar-refractivity contribution in [3.63, 3.8) is 0 Å². The zero-order valence-electron chi connectivity index (χ0n) is 11.5. The molecular formula is C16H19NO2S. The van der Waals surface area contributed by atoms with Gasteiger partial charge < -0.3 is 10.5 Å². The normalized spacial score (nSPS) is 12.1. The largest absolute Gasteiger partial charge is 0.497 e. The van der Waals surface area contributed by atoms with Crippen LogP contribution in [0.4, 0.5) is 5.69 Å². The number of nitrogens with two attached hydrogens (primary N) is 1.